The van der Waals surface area contributed by atoms with Crippen molar-refractivity contribution in [2.45, 2.75) is 30.7 Å². The third-order valence-corrected chi connectivity index (χ3v) is 3.13. The summed E-state index contributed by atoms with van der Waals surface area (Å²) in [7, 11) is -4.18. The molecule has 0 heterocycles. The van der Waals surface area contributed by atoms with Crippen LogP contribution in [0.5, 0.6) is 0 Å². The molecule has 2 nitrogen and oxygen atoms in total. The van der Waals surface area contributed by atoms with Crippen molar-refractivity contribution in [1.29, 1.82) is 0 Å². The molecule has 0 aliphatic rings. The average molecular weight is 476 g/mol. The van der Waals surface area contributed by atoms with Gasteiger partial charge < -0.3 is 9.31 Å². The van der Waals surface area contributed by atoms with Gasteiger partial charge in [0.05, 0.1) is 5.46 Å². The van der Waals surface area contributed by atoms with E-state index >= 15 is 0 Å². The first-order chi connectivity index (χ1) is 13.3. The van der Waals surface area contributed by atoms with E-state index < -0.39 is 79.1 Å². The van der Waals surface area contributed by atoms with Gasteiger partial charge in [0.15, 0.2) is 35.2 Å². The lowest BCUT2D eigenvalue weighted by atomic mass is 9.76. The van der Waals surface area contributed by atoms with Crippen LogP contribution in [0.15, 0.2) is 0 Å². The molecule has 0 amide bonds. The summed E-state index contributed by atoms with van der Waals surface area (Å²) in [6, 6.07) is 0. The molecule has 0 aliphatic heterocycles. The molecule has 0 fully saturated rings. The molecule has 172 valence electrons. The molecular formula is C12H4BF15O2. The zero-order chi connectivity index (χ0) is 23.8. The third-order valence-electron chi connectivity index (χ3n) is 3.13. The van der Waals surface area contributed by atoms with Crippen LogP contribution in [0.1, 0.15) is 0 Å². The van der Waals surface area contributed by atoms with Gasteiger partial charge in [0.1, 0.15) is 6.67 Å². The number of hydrogen-bond acceptors (Lipinski definition) is 2. The predicted molar refractivity (Wildman–Crippen MR) is 65.5 cm³/mol. The average Bonchev–Trinajstić information content (AvgIpc) is 2.56. The molecule has 1 aromatic carbocycles. The largest absolute Gasteiger partial charge is 0.501 e. The Balaban J connectivity index is 3.69. The van der Waals surface area contributed by atoms with Crippen molar-refractivity contribution < 1.29 is 75.2 Å². The molecule has 30 heavy (non-hydrogen) atoms. The lowest BCUT2D eigenvalue weighted by molar-refractivity contribution is -0.305. The second kappa shape index (κ2) is 8.72. The minimum atomic E-state index is -6.51. The Morgan fingerprint density at radius 1 is 0.600 bits per heavy atom. The number of benzene rings is 1. The van der Waals surface area contributed by atoms with Crippen LogP contribution < -0.4 is 5.46 Å². The quantitative estimate of drug-likeness (QED) is 0.261. The maximum atomic E-state index is 13.7. The zero-order valence-corrected chi connectivity index (χ0v) is 13.4. The first-order valence-electron chi connectivity index (χ1n) is 6.92. The summed E-state index contributed by atoms with van der Waals surface area (Å²) in [6.45, 7) is -2.73. The monoisotopic (exact) mass is 476 g/mol. The van der Waals surface area contributed by atoms with Gasteiger partial charge in [0.25, 0.3) is 0 Å². The predicted octanol–water partition coefficient (Wildman–Crippen LogP) is 4.50. The van der Waals surface area contributed by atoms with Crippen LogP contribution in [0.4, 0.5) is 65.9 Å². The second-order valence-corrected chi connectivity index (χ2v) is 5.24. The van der Waals surface area contributed by atoms with Crippen LogP contribution in [0.2, 0.25) is 0 Å². The lowest BCUT2D eigenvalue weighted by Crippen LogP contribution is -2.55. The number of hydrogen-bond donors (Lipinski definition) is 0. The van der Waals surface area contributed by atoms with E-state index in [4.69, 9.17) is 0 Å². The van der Waals surface area contributed by atoms with Gasteiger partial charge in [-0.25, -0.2) is 26.3 Å². The number of alkyl halides is 10. The van der Waals surface area contributed by atoms with E-state index in [1.54, 1.807) is 0 Å². The van der Waals surface area contributed by atoms with Crippen molar-refractivity contribution in [2.24, 2.45) is 0 Å². The highest BCUT2D eigenvalue weighted by molar-refractivity contribution is 6.61. The maximum absolute atomic E-state index is 13.7. The summed E-state index contributed by atoms with van der Waals surface area (Å²) in [5.41, 5.74) is -2.77. The van der Waals surface area contributed by atoms with E-state index in [0.29, 0.717) is 0 Å². The van der Waals surface area contributed by atoms with Gasteiger partial charge in [-0.15, -0.1) is 0 Å². The molecule has 0 N–H and O–H groups in total. The molecule has 1 atom stereocenters. The van der Waals surface area contributed by atoms with E-state index in [0.717, 1.165) is 0 Å². The summed E-state index contributed by atoms with van der Waals surface area (Å²) in [5, 5.41) is 0. The van der Waals surface area contributed by atoms with Crippen molar-refractivity contribution in [3.05, 3.63) is 29.1 Å². The Morgan fingerprint density at radius 3 is 1.27 bits per heavy atom. The van der Waals surface area contributed by atoms with Gasteiger partial charge in [0.2, 0.25) is 6.10 Å². The van der Waals surface area contributed by atoms with Crippen LogP contribution in [0.25, 0.3) is 0 Å². The molecular weight excluding hydrogens is 472 g/mol. The van der Waals surface area contributed by atoms with Crippen molar-refractivity contribution in [2.75, 3.05) is 6.67 Å². The molecule has 0 radical (unpaired) electrons. The normalized spacial score (nSPS) is 14.4. The van der Waals surface area contributed by atoms with Gasteiger partial charge in [-0.05, 0) is 0 Å². The highest BCUT2D eigenvalue weighted by Crippen LogP contribution is 2.37. The molecule has 0 aliphatic carbocycles. The Hall–Kier alpha value is -1.85. The smallest absolute Gasteiger partial charge is 0.393 e. The van der Waals surface area contributed by atoms with Crippen molar-refractivity contribution >= 4 is 12.6 Å². The summed E-state index contributed by atoms with van der Waals surface area (Å²) in [5.74, 6) is -15.2. The zero-order valence-electron chi connectivity index (χ0n) is 13.4. The third kappa shape index (κ3) is 5.64. The second-order valence-electron chi connectivity index (χ2n) is 5.24. The minimum absolute atomic E-state index is 2.73. The fourth-order valence-electron chi connectivity index (χ4n) is 1.81. The molecule has 0 saturated carbocycles. The minimum Gasteiger partial charge on any atom is -0.393 e. The number of halogens is 15. The van der Waals surface area contributed by atoms with Crippen molar-refractivity contribution in [1.82, 2.24) is 0 Å². The van der Waals surface area contributed by atoms with Crippen molar-refractivity contribution in [3.63, 3.8) is 0 Å². The van der Waals surface area contributed by atoms with Crippen LogP contribution in [-0.4, -0.2) is 44.5 Å². The Labute approximate surface area is 155 Å². The Kier molecular flexibility index (Phi) is 7.61. The highest BCUT2D eigenvalue weighted by Gasteiger charge is 2.60. The highest BCUT2D eigenvalue weighted by atomic mass is 19.4. The van der Waals surface area contributed by atoms with Crippen LogP contribution in [-0.2, 0) is 9.31 Å². The van der Waals surface area contributed by atoms with Crippen molar-refractivity contribution in [3.8, 4) is 0 Å². The molecule has 0 spiro atoms. The van der Waals surface area contributed by atoms with E-state index in [1.807, 2.05) is 0 Å². The van der Waals surface area contributed by atoms with E-state index in [1.165, 1.54) is 0 Å². The topological polar surface area (TPSA) is 18.5 Å². The molecule has 1 rings (SSSR count). The van der Waals surface area contributed by atoms with Gasteiger partial charge in [-0.1, -0.05) is 0 Å². The van der Waals surface area contributed by atoms with Gasteiger partial charge >= 0.3 is 25.6 Å². The SMILES string of the molecule is FCC(OB(OC(C(F)(F)F)C(F)(F)F)c1c(F)c(F)c(F)c(F)c1F)C(F)(F)F. The molecule has 1 unspecified atom stereocenters. The molecule has 0 saturated heterocycles. The molecule has 0 aromatic heterocycles. The first-order valence-corrected chi connectivity index (χ1v) is 6.92. The van der Waals surface area contributed by atoms with E-state index in [-0.39, 0.29) is 0 Å². The summed E-state index contributed by atoms with van der Waals surface area (Å²) in [4.78, 5) is 0. The maximum Gasteiger partial charge on any atom is 0.501 e. The molecule has 0 bridgehead atoms. The number of rotatable bonds is 6. The Bertz CT molecular complexity index is 713. The van der Waals surface area contributed by atoms with Gasteiger partial charge in [0, 0.05) is 0 Å². The van der Waals surface area contributed by atoms with E-state index in [9.17, 15) is 65.9 Å². The van der Waals surface area contributed by atoms with Gasteiger partial charge in [-0.2, -0.15) is 39.5 Å². The standard InChI is InChI=1S/C12H4BF15O2/c14-1-2(10(20,21)22)29-13(30-9(11(23,24)25)12(26,27)28)3-4(15)6(17)8(19)7(18)5(3)16/h2,9H,1H2. The molecule has 1 aromatic rings. The van der Waals surface area contributed by atoms with E-state index in [2.05, 4.69) is 9.31 Å². The lowest BCUT2D eigenvalue weighted by Gasteiger charge is -2.29. The fourth-order valence-corrected chi connectivity index (χ4v) is 1.81. The van der Waals surface area contributed by atoms with Crippen LogP contribution in [0, 0.1) is 29.1 Å². The summed E-state index contributed by atoms with van der Waals surface area (Å²) < 4.78 is 199. The summed E-state index contributed by atoms with van der Waals surface area (Å²) in [6.07, 6.45) is -28.0. The summed E-state index contributed by atoms with van der Waals surface area (Å²) >= 11 is 0. The van der Waals surface area contributed by atoms with Crippen LogP contribution >= 0.6 is 0 Å². The van der Waals surface area contributed by atoms with Gasteiger partial charge in [-0.3, -0.25) is 0 Å². The Morgan fingerprint density at radius 2 is 0.967 bits per heavy atom. The fraction of sp³-hybridized carbons (Fsp3) is 0.500. The van der Waals surface area contributed by atoms with Crippen LogP contribution in [0.3, 0.4) is 0 Å². The molecule has 18 heteroatoms. The first kappa shape index (κ1) is 26.2.